The van der Waals surface area contributed by atoms with Crippen molar-refractivity contribution in [3.63, 3.8) is 0 Å². The molecule has 2 atom stereocenters. The van der Waals surface area contributed by atoms with Gasteiger partial charge in [0.2, 0.25) is 0 Å². The summed E-state index contributed by atoms with van der Waals surface area (Å²) in [6.07, 6.45) is 2.77. The lowest BCUT2D eigenvalue weighted by atomic mass is 10.0. The lowest BCUT2D eigenvalue weighted by Crippen LogP contribution is -2.39. The Balaban J connectivity index is 1.72. The molecular formula is C20H28N2O3. The smallest absolute Gasteiger partial charge is 0.181 e. The van der Waals surface area contributed by atoms with Gasteiger partial charge in [-0.1, -0.05) is 0 Å². The molecule has 0 amide bonds. The van der Waals surface area contributed by atoms with E-state index < -0.39 is 0 Å². The van der Waals surface area contributed by atoms with E-state index in [4.69, 9.17) is 9.15 Å². The fraction of sp³-hybridized carbons (Fsp3) is 0.550. The van der Waals surface area contributed by atoms with E-state index in [2.05, 4.69) is 9.47 Å². The highest BCUT2D eigenvalue weighted by molar-refractivity contribution is 6.01. The van der Waals surface area contributed by atoms with Gasteiger partial charge >= 0.3 is 0 Å². The Morgan fingerprint density at radius 1 is 1.44 bits per heavy atom. The molecule has 136 valence electrons. The molecule has 3 rings (SSSR count). The number of aromatic nitrogens is 1. The summed E-state index contributed by atoms with van der Waals surface area (Å²) in [5, 5.41) is 0. The highest BCUT2D eigenvalue weighted by atomic mass is 16.5. The number of furan rings is 1. The molecular weight excluding hydrogens is 316 g/mol. The molecule has 1 aliphatic heterocycles. The van der Waals surface area contributed by atoms with Gasteiger partial charge < -0.3 is 13.7 Å². The third-order valence-electron chi connectivity index (χ3n) is 5.34. The molecule has 0 radical (unpaired) electrons. The Morgan fingerprint density at radius 3 is 2.88 bits per heavy atom. The molecule has 0 spiro atoms. The summed E-state index contributed by atoms with van der Waals surface area (Å²) in [5.41, 5.74) is 2.89. The van der Waals surface area contributed by atoms with Crippen LogP contribution in [0, 0.1) is 19.8 Å². The SMILES string of the molecule is Cc1cc(C(=O)C(C)N(C)CC2CCOC2)c(C)n1Cc1ccco1. The predicted molar refractivity (Wildman–Crippen MR) is 97.1 cm³/mol. The summed E-state index contributed by atoms with van der Waals surface area (Å²) in [7, 11) is 2.03. The van der Waals surface area contributed by atoms with Gasteiger partial charge in [0.1, 0.15) is 5.76 Å². The molecule has 3 heterocycles. The Labute approximate surface area is 149 Å². The van der Waals surface area contributed by atoms with Crippen molar-refractivity contribution in [2.24, 2.45) is 5.92 Å². The van der Waals surface area contributed by atoms with Gasteiger partial charge in [0.25, 0.3) is 0 Å². The quantitative estimate of drug-likeness (QED) is 0.723. The van der Waals surface area contributed by atoms with Crippen LogP contribution in [0.15, 0.2) is 28.9 Å². The minimum Gasteiger partial charge on any atom is -0.467 e. The minimum absolute atomic E-state index is 0.141. The Hall–Kier alpha value is -1.85. The number of hydrogen-bond donors (Lipinski definition) is 0. The second-order valence-electron chi connectivity index (χ2n) is 7.16. The van der Waals surface area contributed by atoms with E-state index in [1.54, 1.807) is 6.26 Å². The first kappa shape index (κ1) is 18.0. The summed E-state index contributed by atoms with van der Waals surface area (Å²) in [5.74, 6) is 1.61. The van der Waals surface area contributed by atoms with E-state index >= 15 is 0 Å². The largest absolute Gasteiger partial charge is 0.467 e. The highest BCUT2D eigenvalue weighted by Gasteiger charge is 2.26. The number of likely N-dealkylation sites (N-methyl/N-ethyl adjacent to an activating group) is 1. The van der Waals surface area contributed by atoms with E-state index in [0.29, 0.717) is 12.5 Å². The second-order valence-corrected chi connectivity index (χ2v) is 7.16. The van der Waals surface area contributed by atoms with Crippen molar-refractivity contribution >= 4 is 5.78 Å². The summed E-state index contributed by atoms with van der Waals surface area (Å²) in [6.45, 7) is 9.26. The zero-order chi connectivity index (χ0) is 18.0. The lowest BCUT2D eigenvalue weighted by molar-refractivity contribution is 0.0844. The van der Waals surface area contributed by atoms with Crippen LogP contribution in [-0.4, -0.2) is 48.1 Å². The molecule has 0 aromatic carbocycles. The van der Waals surface area contributed by atoms with E-state index in [9.17, 15) is 4.79 Å². The fourth-order valence-corrected chi connectivity index (χ4v) is 3.57. The van der Waals surface area contributed by atoms with E-state index in [1.165, 1.54) is 0 Å². The normalized spacial score (nSPS) is 18.8. The molecule has 0 aliphatic carbocycles. The minimum atomic E-state index is -0.141. The van der Waals surface area contributed by atoms with Crippen LogP contribution in [-0.2, 0) is 11.3 Å². The van der Waals surface area contributed by atoms with Crippen LogP contribution >= 0.6 is 0 Å². The van der Waals surface area contributed by atoms with E-state index in [-0.39, 0.29) is 11.8 Å². The maximum Gasteiger partial charge on any atom is 0.181 e. The lowest BCUT2D eigenvalue weighted by Gasteiger charge is -2.26. The van der Waals surface area contributed by atoms with E-state index in [0.717, 1.165) is 48.9 Å². The third kappa shape index (κ3) is 3.88. The van der Waals surface area contributed by atoms with E-state index in [1.807, 2.05) is 46.0 Å². The first-order chi connectivity index (χ1) is 12.0. The average molecular weight is 344 g/mol. The number of Topliss-reactive ketones (excluding diaryl/α,β-unsaturated/α-hetero) is 1. The first-order valence-electron chi connectivity index (χ1n) is 8.98. The molecule has 0 N–H and O–H groups in total. The van der Waals surface area contributed by atoms with Crippen LogP contribution in [0.3, 0.4) is 0 Å². The maximum absolute atomic E-state index is 13.0. The van der Waals surface area contributed by atoms with Gasteiger partial charge in [-0.3, -0.25) is 9.69 Å². The van der Waals surface area contributed by atoms with Crippen LogP contribution in [0.1, 0.15) is 40.9 Å². The molecule has 5 nitrogen and oxygen atoms in total. The number of nitrogens with zero attached hydrogens (tertiary/aromatic N) is 2. The van der Waals surface area contributed by atoms with Crippen molar-refractivity contribution < 1.29 is 13.9 Å². The average Bonchev–Trinajstić information content (AvgIpc) is 3.33. The molecule has 2 aromatic rings. The van der Waals surface area contributed by atoms with Gasteiger partial charge in [-0.25, -0.2) is 0 Å². The zero-order valence-electron chi connectivity index (χ0n) is 15.6. The van der Waals surface area contributed by atoms with Crippen molar-refractivity contribution in [3.8, 4) is 0 Å². The van der Waals surface area contributed by atoms with Gasteiger partial charge in [0.15, 0.2) is 5.78 Å². The van der Waals surface area contributed by atoms with Gasteiger partial charge in [-0.15, -0.1) is 0 Å². The molecule has 1 fully saturated rings. The molecule has 1 saturated heterocycles. The molecule has 5 heteroatoms. The number of ether oxygens (including phenoxy) is 1. The van der Waals surface area contributed by atoms with Gasteiger partial charge in [-0.2, -0.15) is 0 Å². The zero-order valence-corrected chi connectivity index (χ0v) is 15.6. The predicted octanol–water partition coefficient (Wildman–Crippen LogP) is 3.29. The van der Waals surface area contributed by atoms with Gasteiger partial charge in [0.05, 0.1) is 25.5 Å². The summed E-state index contributed by atoms with van der Waals surface area (Å²) < 4.78 is 13.0. The van der Waals surface area contributed by atoms with Crippen molar-refractivity contribution in [2.75, 3.05) is 26.8 Å². The van der Waals surface area contributed by atoms with Crippen LogP contribution < -0.4 is 0 Å². The van der Waals surface area contributed by atoms with Crippen molar-refractivity contribution in [1.29, 1.82) is 0 Å². The summed E-state index contributed by atoms with van der Waals surface area (Å²) in [6, 6.07) is 5.71. The monoisotopic (exact) mass is 344 g/mol. The third-order valence-corrected chi connectivity index (χ3v) is 5.34. The number of hydrogen-bond acceptors (Lipinski definition) is 4. The van der Waals surface area contributed by atoms with Crippen LogP contribution in [0.5, 0.6) is 0 Å². The molecule has 1 aliphatic rings. The number of carbonyl (C=O) groups excluding carboxylic acids is 1. The Bertz CT molecular complexity index is 712. The molecule has 0 saturated carbocycles. The maximum atomic E-state index is 13.0. The highest BCUT2D eigenvalue weighted by Crippen LogP contribution is 2.21. The number of ketones is 1. The second kappa shape index (κ2) is 7.58. The Morgan fingerprint density at radius 2 is 2.24 bits per heavy atom. The van der Waals surface area contributed by atoms with Crippen molar-refractivity contribution in [1.82, 2.24) is 9.47 Å². The molecule has 25 heavy (non-hydrogen) atoms. The van der Waals surface area contributed by atoms with Crippen LogP contribution in [0.4, 0.5) is 0 Å². The van der Waals surface area contributed by atoms with Crippen LogP contribution in [0.25, 0.3) is 0 Å². The molecule has 2 aromatic heterocycles. The number of carbonyl (C=O) groups is 1. The van der Waals surface area contributed by atoms with Gasteiger partial charge in [0, 0.05) is 30.1 Å². The topological polar surface area (TPSA) is 47.6 Å². The summed E-state index contributed by atoms with van der Waals surface area (Å²) in [4.78, 5) is 15.2. The van der Waals surface area contributed by atoms with Crippen molar-refractivity contribution in [3.05, 3.63) is 47.2 Å². The molecule has 0 bridgehead atoms. The Kier molecular flexibility index (Phi) is 5.45. The first-order valence-corrected chi connectivity index (χ1v) is 8.98. The summed E-state index contributed by atoms with van der Waals surface area (Å²) >= 11 is 0. The standard InChI is InChI=1S/C20H28N2O3/c1-14-10-19(15(2)22(14)12-18-6-5-8-25-18)20(23)16(3)21(4)11-17-7-9-24-13-17/h5-6,8,10,16-17H,7,9,11-13H2,1-4H3. The van der Waals surface area contributed by atoms with Gasteiger partial charge in [-0.05, 0) is 58.4 Å². The van der Waals surface area contributed by atoms with Crippen LogP contribution in [0.2, 0.25) is 0 Å². The molecule has 2 unspecified atom stereocenters. The number of aryl methyl sites for hydroxylation is 1. The number of rotatable bonds is 7. The fourth-order valence-electron chi connectivity index (χ4n) is 3.57. The van der Waals surface area contributed by atoms with Crippen molar-refractivity contribution in [2.45, 2.75) is 39.8 Å².